The molecule has 0 saturated carbocycles. The Kier molecular flexibility index (Phi) is 3.53. The summed E-state index contributed by atoms with van der Waals surface area (Å²) in [4.78, 5) is 22.2. The Bertz CT molecular complexity index is 334. The predicted octanol–water partition coefficient (Wildman–Crippen LogP) is 1.05. The summed E-state index contributed by atoms with van der Waals surface area (Å²) in [5.41, 5.74) is 0.699. The van der Waals surface area contributed by atoms with E-state index in [0.29, 0.717) is 11.1 Å². The van der Waals surface area contributed by atoms with Crippen LogP contribution in [0.3, 0.4) is 0 Å². The zero-order valence-corrected chi connectivity index (χ0v) is 8.38. The first-order chi connectivity index (χ1) is 6.69. The number of nitrogens with one attached hydrogen (secondary N) is 1. The molecule has 0 aliphatic rings. The Labute approximate surface area is 86.8 Å². The van der Waals surface area contributed by atoms with Crippen molar-refractivity contribution in [3.05, 3.63) is 35.4 Å². The van der Waals surface area contributed by atoms with Crippen LogP contribution in [0.4, 0.5) is 0 Å². The number of rotatable bonds is 2. The molecule has 0 bridgehead atoms. The molecule has 0 aliphatic heterocycles. The van der Waals surface area contributed by atoms with E-state index in [0.717, 1.165) is 0 Å². The maximum Gasteiger partial charge on any atom is 0.337 e. The standard InChI is InChI=1S/C9H9NO3S/c1-13-9(12)7-4-2-3-6(5-7)8(11)10-14/h2-5,14H,1H3,(H,10,11). The molecule has 0 saturated heterocycles. The van der Waals surface area contributed by atoms with Gasteiger partial charge >= 0.3 is 5.97 Å². The lowest BCUT2D eigenvalue weighted by molar-refractivity contribution is 0.0600. The summed E-state index contributed by atoms with van der Waals surface area (Å²) in [6, 6.07) is 6.20. The molecule has 0 aromatic heterocycles. The van der Waals surface area contributed by atoms with Crippen molar-refractivity contribution in [2.75, 3.05) is 7.11 Å². The molecule has 1 aromatic rings. The van der Waals surface area contributed by atoms with Gasteiger partial charge in [-0.1, -0.05) is 18.9 Å². The molecule has 0 atom stereocenters. The number of benzene rings is 1. The predicted molar refractivity (Wildman–Crippen MR) is 54.2 cm³/mol. The Morgan fingerprint density at radius 2 is 2.00 bits per heavy atom. The number of methoxy groups -OCH3 is 1. The number of carbonyl (C=O) groups excluding carboxylic acids is 2. The number of hydrogen-bond acceptors (Lipinski definition) is 4. The van der Waals surface area contributed by atoms with Crippen LogP contribution in [0.5, 0.6) is 0 Å². The van der Waals surface area contributed by atoms with Crippen LogP contribution >= 0.6 is 12.8 Å². The van der Waals surface area contributed by atoms with E-state index < -0.39 is 5.97 Å². The van der Waals surface area contributed by atoms with Crippen LogP contribution in [-0.4, -0.2) is 19.0 Å². The Morgan fingerprint density at radius 3 is 2.57 bits per heavy atom. The van der Waals surface area contributed by atoms with E-state index in [2.05, 4.69) is 22.3 Å². The number of ether oxygens (including phenoxy) is 1. The minimum atomic E-state index is -0.473. The van der Waals surface area contributed by atoms with Crippen molar-refractivity contribution in [2.45, 2.75) is 0 Å². The summed E-state index contributed by atoms with van der Waals surface area (Å²) < 4.78 is 6.68. The molecule has 5 heteroatoms. The van der Waals surface area contributed by atoms with E-state index in [1.165, 1.54) is 13.2 Å². The monoisotopic (exact) mass is 211 g/mol. The van der Waals surface area contributed by atoms with Crippen molar-refractivity contribution in [1.82, 2.24) is 4.72 Å². The van der Waals surface area contributed by atoms with E-state index in [4.69, 9.17) is 0 Å². The number of thiol groups is 1. The van der Waals surface area contributed by atoms with Gasteiger partial charge in [-0.15, -0.1) is 0 Å². The van der Waals surface area contributed by atoms with Gasteiger partial charge in [-0.2, -0.15) is 0 Å². The molecule has 14 heavy (non-hydrogen) atoms. The summed E-state index contributed by atoms with van der Waals surface area (Å²) in [6.45, 7) is 0. The first-order valence-electron chi connectivity index (χ1n) is 3.82. The van der Waals surface area contributed by atoms with Gasteiger partial charge in [-0.25, -0.2) is 4.79 Å². The quantitative estimate of drug-likeness (QED) is 0.568. The summed E-state index contributed by atoms with van der Waals surface area (Å²) in [6.07, 6.45) is 0. The van der Waals surface area contributed by atoms with Crippen LogP contribution in [0.2, 0.25) is 0 Å². The first-order valence-corrected chi connectivity index (χ1v) is 4.26. The SMILES string of the molecule is COC(=O)c1cccc(C(=O)NS)c1. The van der Waals surface area contributed by atoms with E-state index in [9.17, 15) is 9.59 Å². The minimum absolute atomic E-state index is 0.335. The maximum absolute atomic E-state index is 11.1. The first kappa shape index (κ1) is 10.6. The lowest BCUT2D eigenvalue weighted by Gasteiger charge is -2.01. The van der Waals surface area contributed by atoms with Crippen LogP contribution in [0.25, 0.3) is 0 Å². The van der Waals surface area contributed by atoms with Gasteiger partial charge in [0.25, 0.3) is 5.91 Å². The molecular formula is C9H9NO3S. The van der Waals surface area contributed by atoms with Crippen molar-refractivity contribution in [1.29, 1.82) is 0 Å². The molecule has 0 spiro atoms. The minimum Gasteiger partial charge on any atom is -0.465 e. The zero-order valence-electron chi connectivity index (χ0n) is 7.48. The highest BCUT2D eigenvalue weighted by Crippen LogP contribution is 2.06. The average Bonchev–Trinajstić information content (AvgIpc) is 2.27. The second kappa shape index (κ2) is 4.66. The smallest absolute Gasteiger partial charge is 0.337 e. The van der Waals surface area contributed by atoms with Crippen molar-refractivity contribution in [3.8, 4) is 0 Å². The summed E-state index contributed by atoms with van der Waals surface area (Å²) in [7, 11) is 1.29. The highest BCUT2D eigenvalue weighted by Gasteiger charge is 2.08. The lowest BCUT2D eigenvalue weighted by atomic mass is 10.1. The second-order valence-corrected chi connectivity index (χ2v) is 2.74. The molecule has 4 nitrogen and oxygen atoms in total. The molecule has 0 heterocycles. The van der Waals surface area contributed by atoms with Crippen LogP contribution < -0.4 is 4.72 Å². The van der Waals surface area contributed by atoms with Crippen molar-refractivity contribution < 1.29 is 14.3 Å². The van der Waals surface area contributed by atoms with Gasteiger partial charge in [-0.3, -0.25) is 9.52 Å². The normalized spacial score (nSPS) is 9.29. The number of esters is 1. The summed E-state index contributed by atoms with van der Waals surface area (Å²) in [5, 5.41) is 0. The Morgan fingerprint density at radius 1 is 1.36 bits per heavy atom. The fourth-order valence-corrected chi connectivity index (χ4v) is 1.10. The summed E-state index contributed by atoms with van der Waals surface area (Å²) >= 11 is 3.62. The average molecular weight is 211 g/mol. The molecule has 0 unspecified atom stereocenters. The topological polar surface area (TPSA) is 55.4 Å². The molecule has 0 radical (unpaired) electrons. The van der Waals surface area contributed by atoms with Crippen molar-refractivity contribution >= 4 is 24.7 Å². The van der Waals surface area contributed by atoms with Gasteiger partial charge in [0.05, 0.1) is 12.7 Å². The van der Waals surface area contributed by atoms with Crippen LogP contribution in [0.15, 0.2) is 24.3 Å². The van der Waals surface area contributed by atoms with Gasteiger partial charge in [0, 0.05) is 5.56 Å². The van der Waals surface area contributed by atoms with Crippen molar-refractivity contribution in [3.63, 3.8) is 0 Å². The number of hydrogen-bond donors (Lipinski definition) is 2. The van der Waals surface area contributed by atoms with E-state index in [-0.39, 0.29) is 5.91 Å². The highest BCUT2D eigenvalue weighted by atomic mass is 32.1. The molecule has 74 valence electrons. The second-order valence-electron chi connectivity index (χ2n) is 2.51. The van der Waals surface area contributed by atoms with Crippen LogP contribution in [0, 0.1) is 0 Å². The van der Waals surface area contributed by atoms with Crippen molar-refractivity contribution in [2.24, 2.45) is 0 Å². The van der Waals surface area contributed by atoms with Gasteiger partial charge in [0.15, 0.2) is 0 Å². The molecule has 1 rings (SSSR count). The fraction of sp³-hybridized carbons (Fsp3) is 0.111. The third-order valence-corrected chi connectivity index (χ3v) is 1.85. The van der Waals surface area contributed by atoms with Gasteiger partial charge < -0.3 is 4.74 Å². The van der Waals surface area contributed by atoms with Gasteiger partial charge in [-0.05, 0) is 18.2 Å². The third kappa shape index (κ3) is 2.26. The van der Waals surface area contributed by atoms with Gasteiger partial charge in [0.1, 0.15) is 0 Å². The molecule has 0 fully saturated rings. The van der Waals surface area contributed by atoms with Gasteiger partial charge in [0.2, 0.25) is 0 Å². The lowest BCUT2D eigenvalue weighted by Crippen LogP contribution is -2.13. The molecule has 1 amide bonds. The van der Waals surface area contributed by atoms with Crippen LogP contribution in [0.1, 0.15) is 20.7 Å². The zero-order chi connectivity index (χ0) is 10.6. The highest BCUT2D eigenvalue weighted by molar-refractivity contribution is 7.78. The Balaban J connectivity index is 3.01. The molecular weight excluding hydrogens is 202 g/mol. The Hall–Kier alpha value is -1.49. The fourth-order valence-electron chi connectivity index (χ4n) is 0.970. The molecule has 1 aromatic carbocycles. The number of amides is 1. The molecule has 0 aliphatic carbocycles. The summed E-state index contributed by atoms with van der Waals surface area (Å²) in [5.74, 6) is -0.835. The van der Waals surface area contributed by atoms with E-state index in [1.807, 2.05) is 0 Å². The largest absolute Gasteiger partial charge is 0.465 e. The number of carbonyl (C=O) groups is 2. The van der Waals surface area contributed by atoms with Crippen LogP contribution in [-0.2, 0) is 4.74 Å². The third-order valence-electron chi connectivity index (χ3n) is 1.65. The maximum atomic E-state index is 11.1. The van der Waals surface area contributed by atoms with E-state index >= 15 is 0 Å². The molecule has 1 N–H and O–H groups in total. The van der Waals surface area contributed by atoms with E-state index in [1.54, 1.807) is 18.2 Å².